The topological polar surface area (TPSA) is 69.4 Å². The van der Waals surface area contributed by atoms with E-state index in [0.717, 1.165) is 12.8 Å². The molecule has 5 nitrogen and oxygen atoms in total. The molecule has 1 saturated carbocycles. The van der Waals surface area contributed by atoms with Crippen molar-refractivity contribution in [2.24, 2.45) is 0 Å². The maximum atomic E-state index is 10.6. The fourth-order valence-corrected chi connectivity index (χ4v) is 1.67. The molecular formula is C8H13NO4. The van der Waals surface area contributed by atoms with Gasteiger partial charge in [0.15, 0.2) is 6.10 Å². The van der Waals surface area contributed by atoms with Gasteiger partial charge in [-0.2, -0.15) is 0 Å². The average Bonchev–Trinajstić information content (AvgIpc) is 2.03. The van der Waals surface area contributed by atoms with E-state index in [2.05, 4.69) is 0 Å². The van der Waals surface area contributed by atoms with Gasteiger partial charge in [0.1, 0.15) is 0 Å². The van der Waals surface area contributed by atoms with E-state index in [-0.39, 0.29) is 4.92 Å². The van der Waals surface area contributed by atoms with Gasteiger partial charge in [-0.05, 0) is 19.3 Å². The van der Waals surface area contributed by atoms with Crippen molar-refractivity contribution in [3.63, 3.8) is 0 Å². The van der Waals surface area contributed by atoms with Crippen LogP contribution in [0, 0.1) is 10.1 Å². The third-order valence-electron chi connectivity index (χ3n) is 2.26. The Kier molecular flexibility index (Phi) is 3.22. The van der Waals surface area contributed by atoms with Gasteiger partial charge in [0.05, 0.1) is 0 Å². The maximum Gasteiger partial charge on any atom is 0.303 e. The summed E-state index contributed by atoms with van der Waals surface area (Å²) in [4.78, 5) is 20.9. The predicted octanol–water partition coefficient (Wildman–Crippen LogP) is 1.14. The van der Waals surface area contributed by atoms with Gasteiger partial charge in [-0.3, -0.25) is 14.9 Å². The fourth-order valence-electron chi connectivity index (χ4n) is 1.67. The molecule has 1 aliphatic rings. The number of ether oxygens (including phenoxy) is 1. The molecule has 0 radical (unpaired) electrons. The second kappa shape index (κ2) is 4.20. The summed E-state index contributed by atoms with van der Waals surface area (Å²) in [7, 11) is 0. The van der Waals surface area contributed by atoms with E-state index in [1.807, 2.05) is 0 Å². The lowest BCUT2D eigenvalue weighted by atomic mass is 9.93. The van der Waals surface area contributed by atoms with Crippen LogP contribution in [-0.2, 0) is 9.53 Å². The standard InChI is InChI=1S/C8H13NO4/c1-6(10)13-8-5-3-2-4-7(8)9(11)12/h7-8H,2-5H2,1H3/t7-,8-/m1/s1. The van der Waals surface area contributed by atoms with Crippen LogP contribution in [0.3, 0.4) is 0 Å². The van der Waals surface area contributed by atoms with Crippen molar-refractivity contribution in [3.8, 4) is 0 Å². The van der Waals surface area contributed by atoms with Gasteiger partial charge in [0.2, 0.25) is 6.04 Å². The summed E-state index contributed by atoms with van der Waals surface area (Å²) in [6.45, 7) is 1.28. The molecule has 5 heteroatoms. The molecule has 0 unspecified atom stereocenters. The van der Waals surface area contributed by atoms with Crippen LogP contribution in [0.4, 0.5) is 0 Å². The van der Waals surface area contributed by atoms with E-state index >= 15 is 0 Å². The van der Waals surface area contributed by atoms with Crippen LogP contribution in [0.25, 0.3) is 0 Å². The first-order valence-corrected chi connectivity index (χ1v) is 4.42. The number of nitro groups is 1. The Morgan fingerprint density at radius 3 is 2.62 bits per heavy atom. The first-order chi connectivity index (χ1) is 6.11. The summed E-state index contributed by atoms with van der Waals surface area (Å²) in [6.07, 6.45) is 2.38. The quantitative estimate of drug-likeness (QED) is 0.369. The number of nitrogens with zero attached hydrogens (tertiary/aromatic N) is 1. The minimum Gasteiger partial charge on any atom is -0.455 e. The third kappa shape index (κ3) is 2.68. The zero-order valence-corrected chi connectivity index (χ0v) is 7.56. The van der Waals surface area contributed by atoms with Gasteiger partial charge >= 0.3 is 5.97 Å². The monoisotopic (exact) mass is 187 g/mol. The van der Waals surface area contributed by atoms with E-state index < -0.39 is 18.1 Å². The van der Waals surface area contributed by atoms with Crippen LogP contribution in [0.2, 0.25) is 0 Å². The van der Waals surface area contributed by atoms with Gasteiger partial charge in [0, 0.05) is 18.3 Å². The molecule has 1 aliphatic carbocycles. The molecule has 0 N–H and O–H groups in total. The van der Waals surface area contributed by atoms with Crippen molar-refractivity contribution in [3.05, 3.63) is 10.1 Å². The number of rotatable bonds is 2. The summed E-state index contributed by atoms with van der Waals surface area (Å²) in [5.41, 5.74) is 0. The second-order valence-electron chi connectivity index (χ2n) is 3.29. The third-order valence-corrected chi connectivity index (χ3v) is 2.26. The van der Waals surface area contributed by atoms with Crippen LogP contribution in [0.15, 0.2) is 0 Å². The molecule has 1 rings (SSSR count). The first kappa shape index (κ1) is 9.95. The van der Waals surface area contributed by atoms with Gasteiger partial charge in [-0.1, -0.05) is 0 Å². The van der Waals surface area contributed by atoms with Crippen LogP contribution in [-0.4, -0.2) is 23.0 Å². The Hall–Kier alpha value is -1.13. The van der Waals surface area contributed by atoms with Gasteiger partial charge in [-0.25, -0.2) is 0 Å². The molecule has 0 bridgehead atoms. The van der Waals surface area contributed by atoms with Crippen molar-refractivity contribution in [2.75, 3.05) is 0 Å². The predicted molar refractivity (Wildman–Crippen MR) is 44.8 cm³/mol. The smallest absolute Gasteiger partial charge is 0.303 e. The van der Waals surface area contributed by atoms with Crippen molar-refractivity contribution in [1.82, 2.24) is 0 Å². The van der Waals surface area contributed by atoms with Crippen LogP contribution in [0.1, 0.15) is 32.6 Å². The molecule has 0 heterocycles. The number of hydrogen-bond donors (Lipinski definition) is 0. The maximum absolute atomic E-state index is 10.6. The Labute approximate surface area is 76.2 Å². The first-order valence-electron chi connectivity index (χ1n) is 4.42. The molecule has 2 atom stereocenters. The molecule has 0 aliphatic heterocycles. The molecule has 0 aromatic heterocycles. The number of carbonyl (C=O) groups excluding carboxylic acids is 1. The summed E-state index contributed by atoms with van der Waals surface area (Å²) >= 11 is 0. The van der Waals surface area contributed by atoms with Crippen LogP contribution >= 0.6 is 0 Å². The van der Waals surface area contributed by atoms with E-state index in [1.165, 1.54) is 6.92 Å². The summed E-state index contributed by atoms with van der Waals surface area (Å²) in [6, 6.07) is -0.697. The highest BCUT2D eigenvalue weighted by molar-refractivity contribution is 5.66. The molecule has 0 saturated heterocycles. The largest absolute Gasteiger partial charge is 0.455 e. The van der Waals surface area contributed by atoms with Gasteiger partial charge in [0.25, 0.3) is 0 Å². The van der Waals surface area contributed by atoms with Crippen molar-refractivity contribution in [1.29, 1.82) is 0 Å². The lowest BCUT2D eigenvalue weighted by Crippen LogP contribution is -2.39. The van der Waals surface area contributed by atoms with Crippen molar-refractivity contribution in [2.45, 2.75) is 44.8 Å². The minimum absolute atomic E-state index is 0.341. The van der Waals surface area contributed by atoms with E-state index in [1.54, 1.807) is 0 Å². The highest BCUT2D eigenvalue weighted by atomic mass is 16.6. The molecule has 0 spiro atoms. The summed E-state index contributed by atoms with van der Waals surface area (Å²) < 4.78 is 4.88. The van der Waals surface area contributed by atoms with Crippen LogP contribution < -0.4 is 0 Å². The highest BCUT2D eigenvalue weighted by Gasteiger charge is 2.36. The van der Waals surface area contributed by atoms with Crippen molar-refractivity contribution < 1.29 is 14.5 Å². The van der Waals surface area contributed by atoms with Gasteiger partial charge < -0.3 is 4.74 Å². The lowest BCUT2D eigenvalue weighted by Gasteiger charge is -2.24. The van der Waals surface area contributed by atoms with Crippen molar-refractivity contribution >= 4 is 5.97 Å². The minimum atomic E-state index is -0.697. The second-order valence-corrected chi connectivity index (χ2v) is 3.29. The number of carbonyl (C=O) groups is 1. The summed E-state index contributed by atoms with van der Waals surface area (Å²) in [5, 5.41) is 10.6. The zero-order valence-electron chi connectivity index (χ0n) is 7.56. The Morgan fingerprint density at radius 2 is 2.08 bits per heavy atom. The van der Waals surface area contributed by atoms with E-state index in [4.69, 9.17) is 4.74 Å². The van der Waals surface area contributed by atoms with Crippen LogP contribution in [0.5, 0.6) is 0 Å². The normalized spacial score (nSPS) is 28.1. The Bertz CT molecular complexity index is 216. The lowest BCUT2D eigenvalue weighted by molar-refractivity contribution is -0.537. The van der Waals surface area contributed by atoms with Gasteiger partial charge in [-0.15, -0.1) is 0 Å². The molecule has 74 valence electrons. The zero-order chi connectivity index (χ0) is 9.84. The van der Waals surface area contributed by atoms with E-state index in [9.17, 15) is 14.9 Å². The molecule has 0 aromatic carbocycles. The summed E-state index contributed by atoms with van der Waals surface area (Å²) in [5.74, 6) is -0.432. The number of hydrogen-bond acceptors (Lipinski definition) is 4. The molecule has 0 amide bonds. The highest BCUT2D eigenvalue weighted by Crippen LogP contribution is 2.23. The fraction of sp³-hybridized carbons (Fsp3) is 0.875. The molecular weight excluding hydrogens is 174 g/mol. The SMILES string of the molecule is CC(=O)O[C@@H]1CCCC[C@H]1[N+](=O)[O-]. The van der Waals surface area contributed by atoms with E-state index in [0.29, 0.717) is 12.8 Å². The molecule has 0 aromatic rings. The Balaban J connectivity index is 2.56. The average molecular weight is 187 g/mol. The molecule has 1 fully saturated rings. The Morgan fingerprint density at radius 1 is 1.46 bits per heavy atom. The number of esters is 1. The molecule has 13 heavy (non-hydrogen) atoms.